The van der Waals surface area contributed by atoms with E-state index in [0.29, 0.717) is 54.3 Å². The molecule has 1 N–H and O–H groups in total. The zero-order valence-electron chi connectivity index (χ0n) is 21.4. The highest BCUT2D eigenvalue weighted by molar-refractivity contribution is 8.03. The number of rotatable bonds is 11. The lowest BCUT2D eigenvalue weighted by Gasteiger charge is -2.41. The Bertz CT molecular complexity index is 1370. The summed E-state index contributed by atoms with van der Waals surface area (Å²) in [5.74, 6) is 0.733. The van der Waals surface area contributed by atoms with Crippen molar-refractivity contribution in [3.63, 3.8) is 0 Å². The predicted molar refractivity (Wildman–Crippen MR) is 152 cm³/mol. The van der Waals surface area contributed by atoms with Crippen LogP contribution in [0.1, 0.15) is 41.6 Å². The molecule has 0 spiro atoms. The van der Waals surface area contributed by atoms with Crippen molar-refractivity contribution in [2.45, 2.75) is 43.5 Å². The van der Waals surface area contributed by atoms with Crippen molar-refractivity contribution in [1.29, 1.82) is 0 Å². The summed E-state index contributed by atoms with van der Waals surface area (Å²) in [6.45, 7) is 0.622. The molecule has 0 aromatic heterocycles. The number of Topliss-reactive ketones (excluding diaryl/α,β-unsaturated/α-hetero) is 1. The number of ether oxygens (including phenoxy) is 2. The zero-order chi connectivity index (χ0) is 28.2. The number of amides is 4. The van der Waals surface area contributed by atoms with E-state index in [4.69, 9.17) is 32.7 Å². The van der Waals surface area contributed by atoms with Crippen LogP contribution in [0.4, 0.5) is 4.79 Å². The Morgan fingerprint density at radius 2 is 1.82 bits per heavy atom. The average Bonchev–Trinajstić information content (AvgIpc) is 3.62. The van der Waals surface area contributed by atoms with Crippen molar-refractivity contribution in [3.8, 4) is 11.5 Å². The van der Waals surface area contributed by atoms with Crippen LogP contribution >= 0.6 is 35.0 Å². The standard InChI is InChI=1S/C28H27Cl2N3O6S/c29-19-7-6-18(13-20(19)30)22(34)15-33-21-9-11-40-26(21)27(36)32(28(33)37)10-3-1-2-4-25(35)31-14-17-5-8-23-24(12-17)39-16-38-23/h5-9,11-13,21,26H,1-4,10,14-16H2,(H,31,35). The van der Waals surface area contributed by atoms with Crippen LogP contribution in [-0.2, 0) is 16.1 Å². The fourth-order valence-corrected chi connectivity index (χ4v) is 6.12. The third-order valence-electron chi connectivity index (χ3n) is 6.92. The van der Waals surface area contributed by atoms with Gasteiger partial charge in [-0.15, -0.1) is 11.8 Å². The molecule has 40 heavy (non-hydrogen) atoms. The SMILES string of the molecule is O=C(CCCCCN1C(=O)C2SC=CC2N(CC(=O)c2ccc(Cl)c(Cl)c2)C1=O)NCc1ccc2c(c1)OCO2. The second-order valence-electron chi connectivity index (χ2n) is 9.60. The summed E-state index contributed by atoms with van der Waals surface area (Å²) in [5.41, 5.74) is 1.26. The molecule has 210 valence electrons. The number of nitrogens with one attached hydrogen (secondary N) is 1. The number of hydrogen-bond acceptors (Lipinski definition) is 7. The lowest BCUT2D eigenvalue weighted by Crippen LogP contribution is -2.62. The number of carbonyl (C=O) groups is 4. The molecule has 9 nitrogen and oxygen atoms in total. The van der Waals surface area contributed by atoms with Crippen LogP contribution < -0.4 is 14.8 Å². The van der Waals surface area contributed by atoms with Gasteiger partial charge in [0.15, 0.2) is 17.3 Å². The summed E-state index contributed by atoms with van der Waals surface area (Å²) in [6.07, 6.45) is 3.95. The molecule has 0 bridgehead atoms. The van der Waals surface area contributed by atoms with Gasteiger partial charge in [-0.2, -0.15) is 0 Å². The third-order valence-corrected chi connectivity index (χ3v) is 8.75. The summed E-state index contributed by atoms with van der Waals surface area (Å²) in [7, 11) is 0. The largest absolute Gasteiger partial charge is 0.454 e. The smallest absolute Gasteiger partial charge is 0.327 e. The van der Waals surface area contributed by atoms with E-state index in [1.165, 1.54) is 33.7 Å². The number of benzene rings is 2. The number of nitrogens with zero attached hydrogens (tertiary/aromatic N) is 2. The zero-order valence-corrected chi connectivity index (χ0v) is 23.8. The van der Waals surface area contributed by atoms with E-state index >= 15 is 0 Å². The van der Waals surface area contributed by atoms with Gasteiger partial charge < -0.3 is 19.7 Å². The van der Waals surface area contributed by atoms with Gasteiger partial charge in [0.2, 0.25) is 18.6 Å². The van der Waals surface area contributed by atoms with Crippen LogP contribution in [0.2, 0.25) is 10.0 Å². The Hall–Kier alpha value is -3.21. The van der Waals surface area contributed by atoms with Gasteiger partial charge in [0.05, 0.1) is 22.6 Å². The molecule has 0 aliphatic carbocycles. The van der Waals surface area contributed by atoms with Crippen molar-refractivity contribution in [2.75, 3.05) is 19.9 Å². The predicted octanol–water partition coefficient (Wildman–Crippen LogP) is 5.04. The Kier molecular flexibility index (Phi) is 8.87. The summed E-state index contributed by atoms with van der Waals surface area (Å²) >= 11 is 13.4. The minimum Gasteiger partial charge on any atom is -0.454 e. The van der Waals surface area contributed by atoms with Gasteiger partial charge in [0, 0.05) is 25.1 Å². The van der Waals surface area contributed by atoms with Gasteiger partial charge in [0.25, 0.3) is 0 Å². The minimum atomic E-state index is -0.492. The normalized spacial score (nSPS) is 19.2. The second-order valence-corrected chi connectivity index (χ2v) is 11.5. The Balaban J connectivity index is 1.09. The second kappa shape index (κ2) is 12.5. The van der Waals surface area contributed by atoms with E-state index in [0.717, 1.165) is 5.56 Å². The number of urea groups is 1. The highest BCUT2D eigenvalue weighted by Gasteiger charge is 2.47. The van der Waals surface area contributed by atoms with Crippen molar-refractivity contribution in [3.05, 3.63) is 69.1 Å². The lowest BCUT2D eigenvalue weighted by atomic mass is 10.0. The van der Waals surface area contributed by atoms with Crippen LogP contribution in [0.15, 0.2) is 47.9 Å². The molecule has 0 saturated carbocycles. The molecule has 2 atom stereocenters. The number of ketones is 1. The fourth-order valence-electron chi connectivity index (χ4n) is 4.76. The molecule has 2 aromatic rings. The van der Waals surface area contributed by atoms with Crippen LogP contribution in [0.5, 0.6) is 11.5 Å². The Labute approximate surface area is 245 Å². The van der Waals surface area contributed by atoms with Gasteiger partial charge in [-0.1, -0.05) is 41.8 Å². The molecule has 5 rings (SSSR count). The topological polar surface area (TPSA) is 105 Å². The molecular formula is C28H27Cl2N3O6S. The number of fused-ring (bicyclic) bond motifs is 2. The summed E-state index contributed by atoms with van der Waals surface area (Å²) < 4.78 is 10.7. The molecule has 3 aliphatic heterocycles. The summed E-state index contributed by atoms with van der Waals surface area (Å²) in [4.78, 5) is 54.4. The fraction of sp³-hybridized carbons (Fsp3) is 0.357. The molecule has 1 fully saturated rings. The Morgan fingerprint density at radius 3 is 2.65 bits per heavy atom. The van der Waals surface area contributed by atoms with Gasteiger partial charge in [-0.25, -0.2) is 4.79 Å². The van der Waals surface area contributed by atoms with E-state index in [9.17, 15) is 19.2 Å². The van der Waals surface area contributed by atoms with Crippen LogP contribution in [-0.4, -0.2) is 64.6 Å². The number of halogens is 2. The quantitative estimate of drug-likeness (QED) is 0.283. The maximum atomic E-state index is 13.3. The Morgan fingerprint density at radius 1 is 1.00 bits per heavy atom. The maximum absolute atomic E-state index is 13.3. The highest BCUT2D eigenvalue weighted by Crippen LogP contribution is 2.35. The first-order valence-corrected chi connectivity index (χ1v) is 14.6. The number of hydrogen-bond donors (Lipinski definition) is 1. The van der Waals surface area contributed by atoms with E-state index < -0.39 is 17.3 Å². The first-order valence-electron chi connectivity index (χ1n) is 12.9. The maximum Gasteiger partial charge on any atom is 0.327 e. The van der Waals surface area contributed by atoms with Crippen LogP contribution in [0.3, 0.4) is 0 Å². The highest BCUT2D eigenvalue weighted by atomic mass is 35.5. The van der Waals surface area contributed by atoms with E-state index in [1.807, 2.05) is 18.2 Å². The molecule has 1 saturated heterocycles. The first-order chi connectivity index (χ1) is 19.3. The monoisotopic (exact) mass is 603 g/mol. The number of imide groups is 1. The van der Waals surface area contributed by atoms with Crippen molar-refractivity contribution in [1.82, 2.24) is 15.1 Å². The van der Waals surface area contributed by atoms with E-state index in [-0.39, 0.29) is 42.5 Å². The molecule has 4 amide bonds. The minimum absolute atomic E-state index is 0.0777. The molecule has 3 aliphatic rings. The van der Waals surface area contributed by atoms with Gasteiger partial charge in [-0.05, 0) is 54.1 Å². The summed E-state index contributed by atoms with van der Waals surface area (Å²) in [5, 5.41) is 4.79. The number of carbonyl (C=O) groups excluding carboxylic acids is 4. The molecule has 2 aromatic carbocycles. The van der Waals surface area contributed by atoms with Crippen LogP contribution in [0.25, 0.3) is 0 Å². The van der Waals surface area contributed by atoms with Gasteiger partial charge >= 0.3 is 6.03 Å². The van der Waals surface area contributed by atoms with Crippen LogP contribution in [0, 0.1) is 0 Å². The molecule has 2 unspecified atom stereocenters. The van der Waals surface area contributed by atoms with Crippen molar-refractivity contribution >= 4 is 58.6 Å². The molecule has 3 heterocycles. The first kappa shape index (κ1) is 28.3. The summed E-state index contributed by atoms with van der Waals surface area (Å²) in [6, 6.07) is 9.15. The van der Waals surface area contributed by atoms with Gasteiger partial charge in [0.1, 0.15) is 5.25 Å². The molecule has 12 heteroatoms. The third kappa shape index (κ3) is 6.24. The van der Waals surface area contributed by atoms with E-state index in [2.05, 4.69) is 5.32 Å². The van der Waals surface area contributed by atoms with Crippen molar-refractivity contribution < 1.29 is 28.7 Å². The number of unbranched alkanes of at least 4 members (excludes halogenated alkanes) is 2. The molecular weight excluding hydrogens is 577 g/mol. The number of thioether (sulfide) groups is 1. The lowest BCUT2D eigenvalue weighted by molar-refractivity contribution is -0.131. The molecule has 0 radical (unpaired) electrons. The average molecular weight is 605 g/mol. The van der Waals surface area contributed by atoms with Crippen molar-refractivity contribution in [2.24, 2.45) is 0 Å². The van der Waals surface area contributed by atoms with Gasteiger partial charge in [-0.3, -0.25) is 19.3 Å². The van der Waals surface area contributed by atoms with E-state index in [1.54, 1.807) is 17.6 Å².